The zero-order valence-electron chi connectivity index (χ0n) is 12.8. The second-order valence-corrected chi connectivity index (χ2v) is 6.50. The molecule has 7 heteroatoms. The fourth-order valence-electron chi connectivity index (χ4n) is 2.31. The summed E-state index contributed by atoms with van der Waals surface area (Å²) in [6.45, 7) is 3.65. The summed E-state index contributed by atoms with van der Waals surface area (Å²) < 4.78 is 0. The van der Waals surface area contributed by atoms with Crippen molar-refractivity contribution in [3.63, 3.8) is 0 Å². The number of likely N-dealkylation sites (N-methyl/N-ethyl adjacent to an activating group) is 1. The van der Waals surface area contributed by atoms with Crippen molar-refractivity contribution in [1.29, 1.82) is 5.26 Å². The third-order valence-corrected chi connectivity index (χ3v) is 4.74. The van der Waals surface area contributed by atoms with E-state index in [1.807, 2.05) is 12.1 Å². The molecule has 1 aromatic carbocycles. The van der Waals surface area contributed by atoms with Crippen LogP contribution in [0.4, 0.5) is 5.95 Å². The van der Waals surface area contributed by atoms with Crippen LogP contribution >= 0.6 is 11.8 Å². The summed E-state index contributed by atoms with van der Waals surface area (Å²) in [6, 6.07) is 9.27. The summed E-state index contributed by atoms with van der Waals surface area (Å²) in [7, 11) is 2.09. The largest absolute Gasteiger partial charge is 0.492 e. The third kappa shape index (κ3) is 3.73. The van der Waals surface area contributed by atoms with Crippen LogP contribution in [-0.4, -0.2) is 53.2 Å². The molecule has 0 radical (unpaired) electrons. The highest BCUT2D eigenvalue weighted by atomic mass is 32.2. The first-order valence-electron chi connectivity index (χ1n) is 7.33. The topological polar surface area (TPSA) is 76.3 Å². The molecule has 6 nitrogen and oxygen atoms in total. The van der Waals surface area contributed by atoms with Crippen molar-refractivity contribution >= 4 is 17.7 Å². The van der Waals surface area contributed by atoms with Crippen molar-refractivity contribution < 1.29 is 5.11 Å². The van der Waals surface area contributed by atoms with Crippen LogP contribution in [0.2, 0.25) is 0 Å². The van der Waals surface area contributed by atoms with Gasteiger partial charge < -0.3 is 14.9 Å². The molecular weight excluding hydrogens is 310 g/mol. The monoisotopic (exact) mass is 327 g/mol. The van der Waals surface area contributed by atoms with Crippen LogP contribution in [-0.2, 0) is 0 Å². The Morgan fingerprint density at radius 2 is 1.87 bits per heavy atom. The van der Waals surface area contributed by atoms with Gasteiger partial charge in [-0.05, 0) is 31.3 Å². The van der Waals surface area contributed by atoms with Gasteiger partial charge in [0.1, 0.15) is 0 Å². The van der Waals surface area contributed by atoms with Gasteiger partial charge in [-0.1, -0.05) is 11.8 Å². The van der Waals surface area contributed by atoms with Gasteiger partial charge in [-0.3, -0.25) is 0 Å². The van der Waals surface area contributed by atoms with Crippen LogP contribution < -0.4 is 4.90 Å². The van der Waals surface area contributed by atoms with Crippen molar-refractivity contribution in [3.05, 3.63) is 36.0 Å². The molecule has 118 valence electrons. The lowest BCUT2D eigenvalue weighted by Gasteiger charge is -2.32. The Hall–Kier alpha value is -2.30. The maximum absolute atomic E-state index is 10.2. The maximum Gasteiger partial charge on any atom is 0.230 e. The Morgan fingerprint density at radius 3 is 2.48 bits per heavy atom. The number of benzene rings is 1. The Labute approximate surface area is 139 Å². The molecule has 2 heterocycles. The van der Waals surface area contributed by atoms with Gasteiger partial charge in [0, 0.05) is 31.1 Å². The van der Waals surface area contributed by atoms with E-state index in [4.69, 9.17) is 5.26 Å². The minimum Gasteiger partial charge on any atom is -0.492 e. The third-order valence-electron chi connectivity index (χ3n) is 3.72. The van der Waals surface area contributed by atoms with E-state index >= 15 is 0 Å². The SMILES string of the molecule is CN1CCN(c2ncc(Sc3ccc(C#N)cc3)c(O)n2)CC1. The molecule has 1 fully saturated rings. The Kier molecular flexibility index (Phi) is 4.65. The zero-order valence-corrected chi connectivity index (χ0v) is 13.6. The van der Waals surface area contributed by atoms with Crippen LogP contribution in [0.5, 0.6) is 5.88 Å². The molecule has 1 saturated heterocycles. The number of aromatic hydroxyl groups is 1. The van der Waals surface area contributed by atoms with Gasteiger partial charge in [-0.2, -0.15) is 10.2 Å². The van der Waals surface area contributed by atoms with Crippen LogP contribution in [0.15, 0.2) is 40.3 Å². The molecule has 0 amide bonds. The predicted octanol–water partition coefficient (Wildman–Crippen LogP) is 1.96. The Bertz CT molecular complexity index is 720. The van der Waals surface area contributed by atoms with E-state index in [9.17, 15) is 5.11 Å². The van der Waals surface area contributed by atoms with E-state index < -0.39 is 0 Å². The Balaban J connectivity index is 1.72. The molecular formula is C16H17N5OS. The first kappa shape index (κ1) is 15.6. The minimum atomic E-state index is -0.0108. The highest BCUT2D eigenvalue weighted by Crippen LogP contribution is 2.33. The number of rotatable bonds is 3. The van der Waals surface area contributed by atoms with Gasteiger partial charge in [0.15, 0.2) is 0 Å². The molecule has 0 saturated carbocycles. The second-order valence-electron chi connectivity index (χ2n) is 5.39. The average molecular weight is 327 g/mol. The van der Waals surface area contributed by atoms with Crippen molar-refractivity contribution in [2.24, 2.45) is 0 Å². The number of hydrogen-bond donors (Lipinski definition) is 1. The van der Waals surface area contributed by atoms with Crippen molar-refractivity contribution in [2.45, 2.75) is 9.79 Å². The summed E-state index contributed by atoms with van der Waals surface area (Å²) in [5, 5.41) is 19.0. The zero-order chi connectivity index (χ0) is 16.2. The van der Waals surface area contributed by atoms with Crippen LogP contribution in [0, 0.1) is 11.3 Å². The first-order valence-corrected chi connectivity index (χ1v) is 8.15. The van der Waals surface area contributed by atoms with Gasteiger partial charge in [0.2, 0.25) is 11.8 Å². The molecule has 0 atom stereocenters. The quantitative estimate of drug-likeness (QED) is 0.923. The number of hydrogen-bond acceptors (Lipinski definition) is 7. The van der Waals surface area contributed by atoms with Gasteiger partial charge in [-0.25, -0.2) is 4.98 Å². The smallest absolute Gasteiger partial charge is 0.230 e. The van der Waals surface area contributed by atoms with E-state index in [0.29, 0.717) is 16.4 Å². The van der Waals surface area contributed by atoms with Crippen LogP contribution in [0.25, 0.3) is 0 Å². The molecule has 1 aliphatic heterocycles. The van der Waals surface area contributed by atoms with Gasteiger partial charge in [0.05, 0.1) is 22.7 Å². The van der Waals surface area contributed by atoms with Crippen molar-refractivity contribution in [2.75, 3.05) is 38.1 Å². The van der Waals surface area contributed by atoms with E-state index in [2.05, 4.69) is 32.9 Å². The fraction of sp³-hybridized carbons (Fsp3) is 0.312. The van der Waals surface area contributed by atoms with E-state index in [1.165, 1.54) is 11.8 Å². The first-order chi connectivity index (χ1) is 11.2. The van der Waals surface area contributed by atoms with Crippen LogP contribution in [0.1, 0.15) is 5.56 Å². The molecule has 1 aromatic heterocycles. The number of aromatic nitrogens is 2. The van der Waals surface area contributed by atoms with Gasteiger partial charge >= 0.3 is 0 Å². The van der Waals surface area contributed by atoms with E-state index in [1.54, 1.807) is 18.3 Å². The lowest BCUT2D eigenvalue weighted by molar-refractivity contribution is 0.310. The highest BCUT2D eigenvalue weighted by Gasteiger charge is 2.18. The molecule has 0 unspecified atom stereocenters. The minimum absolute atomic E-state index is 0.0108. The lowest BCUT2D eigenvalue weighted by Crippen LogP contribution is -2.45. The summed E-state index contributed by atoms with van der Waals surface area (Å²) in [6.07, 6.45) is 1.65. The summed E-state index contributed by atoms with van der Waals surface area (Å²) >= 11 is 1.38. The normalized spacial score (nSPS) is 15.4. The molecule has 23 heavy (non-hydrogen) atoms. The molecule has 1 N–H and O–H groups in total. The number of piperazine rings is 1. The number of anilines is 1. The van der Waals surface area contributed by atoms with E-state index in [-0.39, 0.29) is 5.88 Å². The van der Waals surface area contributed by atoms with Crippen molar-refractivity contribution in [3.8, 4) is 11.9 Å². The predicted molar refractivity (Wildman–Crippen MR) is 88.7 cm³/mol. The molecule has 0 spiro atoms. The number of nitrogens with zero attached hydrogens (tertiary/aromatic N) is 5. The van der Waals surface area contributed by atoms with Crippen molar-refractivity contribution in [1.82, 2.24) is 14.9 Å². The molecule has 0 bridgehead atoms. The number of nitriles is 1. The van der Waals surface area contributed by atoms with Gasteiger partial charge in [-0.15, -0.1) is 0 Å². The summed E-state index contributed by atoms with van der Waals surface area (Å²) in [4.78, 5) is 14.5. The summed E-state index contributed by atoms with van der Waals surface area (Å²) in [5.41, 5.74) is 0.611. The maximum atomic E-state index is 10.2. The lowest BCUT2D eigenvalue weighted by atomic mass is 10.2. The Morgan fingerprint density at radius 1 is 1.17 bits per heavy atom. The summed E-state index contributed by atoms with van der Waals surface area (Å²) in [5.74, 6) is 0.558. The van der Waals surface area contributed by atoms with E-state index in [0.717, 1.165) is 31.1 Å². The standard InChI is InChI=1S/C16H17N5OS/c1-20-6-8-21(9-7-20)16-18-11-14(15(22)19-16)23-13-4-2-12(10-17)3-5-13/h2-5,11H,6-9H2,1H3,(H,18,19,22). The molecule has 3 rings (SSSR count). The van der Waals surface area contributed by atoms with Crippen LogP contribution in [0.3, 0.4) is 0 Å². The second kappa shape index (κ2) is 6.86. The molecule has 2 aromatic rings. The van der Waals surface area contributed by atoms with Gasteiger partial charge in [0.25, 0.3) is 0 Å². The fourth-order valence-corrected chi connectivity index (χ4v) is 3.08. The highest BCUT2D eigenvalue weighted by molar-refractivity contribution is 7.99. The molecule has 0 aliphatic carbocycles. The molecule has 1 aliphatic rings. The average Bonchev–Trinajstić information content (AvgIpc) is 2.58.